The maximum Gasteiger partial charge on any atom is 0.288 e. The van der Waals surface area contributed by atoms with Gasteiger partial charge in [-0.25, -0.2) is 0 Å². The third-order valence-corrected chi connectivity index (χ3v) is 3.80. The molecule has 0 aliphatic carbocycles. The minimum Gasteiger partial charge on any atom is -0.258 e. The van der Waals surface area contributed by atoms with Gasteiger partial charge in [0.05, 0.1) is 4.92 Å². The third-order valence-electron chi connectivity index (χ3n) is 2.37. The van der Waals surface area contributed by atoms with Crippen molar-refractivity contribution in [3.05, 3.63) is 38.9 Å². The zero-order valence-corrected chi connectivity index (χ0v) is 11.4. The zero-order valence-electron chi connectivity index (χ0n) is 9.82. The van der Waals surface area contributed by atoms with Gasteiger partial charge in [0.25, 0.3) is 5.69 Å². The lowest BCUT2D eigenvalue weighted by molar-refractivity contribution is -0.384. The predicted molar refractivity (Wildman–Crippen MR) is 73.8 cm³/mol. The van der Waals surface area contributed by atoms with Crippen LogP contribution in [-0.2, 0) is 5.75 Å². The molecule has 0 N–H and O–H groups in total. The molecule has 0 heterocycles. The standard InChI is InChI=1S/C12H16ClNO2S/c1-2-3-4-7-17-9-10-5-6-11(13)12(8-10)14(15)16/h5-6,8H,2-4,7,9H2,1H3. The van der Waals surface area contributed by atoms with Crippen LogP contribution in [0.3, 0.4) is 0 Å². The Morgan fingerprint density at radius 1 is 1.41 bits per heavy atom. The summed E-state index contributed by atoms with van der Waals surface area (Å²) in [5, 5.41) is 10.9. The Hall–Kier alpha value is -0.740. The van der Waals surface area contributed by atoms with Crippen molar-refractivity contribution in [1.29, 1.82) is 0 Å². The van der Waals surface area contributed by atoms with Crippen LogP contribution in [0.2, 0.25) is 5.02 Å². The van der Waals surface area contributed by atoms with Gasteiger partial charge in [0.15, 0.2) is 0 Å². The summed E-state index contributed by atoms with van der Waals surface area (Å²) in [4.78, 5) is 10.3. The van der Waals surface area contributed by atoms with Gasteiger partial charge < -0.3 is 0 Å². The molecule has 0 radical (unpaired) electrons. The van der Waals surface area contributed by atoms with Crippen LogP contribution in [0, 0.1) is 10.1 Å². The van der Waals surface area contributed by atoms with Gasteiger partial charge in [0, 0.05) is 11.8 Å². The molecule has 0 aliphatic rings. The fourth-order valence-corrected chi connectivity index (χ4v) is 2.59. The van der Waals surface area contributed by atoms with E-state index in [2.05, 4.69) is 6.92 Å². The van der Waals surface area contributed by atoms with E-state index in [4.69, 9.17) is 11.6 Å². The first kappa shape index (κ1) is 14.3. The van der Waals surface area contributed by atoms with Crippen LogP contribution >= 0.6 is 23.4 Å². The molecule has 1 aromatic carbocycles. The monoisotopic (exact) mass is 273 g/mol. The Kier molecular flexibility index (Phi) is 6.37. The van der Waals surface area contributed by atoms with Gasteiger partial charge in [0.1, 0.15) is 5.02 Å². The number of hydrogen-bond acceptors (Lipinski definition) is 3. The number of nitrogens with zero attached hydrogens (tertiary/aromatic N) is 1. The first-order valence-electron chi connectivity index (χ1n) is 5.65. The number of nitro groups is 1. The molecule has 0 saturated heterocycles. The van der Waals surface area contributed by atoms with Crippen LogP contribution < -0.4 is 0 Å². The maximum atomic E-state index is 10.7. The average molecular weight is 274 g/mol. The first-order valence-corrected chi connectivity index (χ1v) is 7.19. The van der Waals surface area contributed by atoms with Gasteiger partial charge in [-0.15, -0.1) is 0 Å². The van der Waals surface area contributed by atoms with Crippen molar-refractivity contribution in [1.82, 2.24) is 0 Å². The highest BCUT2D eigenvalue weighted by molar-refractivity contribution is 7.98. The average Bonchev–Trinajstić information content (AvgIpc) is 2.30. The molecule has 0 saturated carbocycles. The summed E-state index contributed by atoms with van der Waals surface area (Å²) >= 11 is 7.55. The van der Waals surface area contributed by atoms with Gasteiger partial charge in [-0.2, -0.15) is 11.8 Å². The fraction of sp³-hybridized carbons (Fsp3) is 0.500. The number of benzene rings is 1. The highest BCUT2D eigenvalue weighted by Crippen LogP contribution is 2.26. The molecule has 0 aliphatic heterocycles. The van der Waals surface area contributed by atoms with E-state index in [9.17, 15) is 10.1 Å². The molecule has 0 fully saturated rings. The fourth-order valence-electron chi connectivity index (χ4n) is 1.43. The number of hydrogen-bond donors (Lipinski definition) is 0. The van der Waals surface area contributed by atoms with Crippen LogP contribution in [0.25, 0.3) is 0 Å². The summed E-state index contributed by atoms with van der Waals surface area (Å²) in [5.41, 5.74) is 0.959. The first-order chi connectivity index (χ1) is 8.15. The number of nitro benzene ring substituents is 1. The Balaban J connectivity index is 2.49. The Bertz CT molecular complexity index is 385. The molecule has 94 valence electrons. The number of thioether (sulfide) groups is 1. The molecule has 5 heteroatoms. The summed E-state index contributed by atoms with van der Waals surface area (Å²) in [6, 6.07) is 5.01. The lowest BCUT2D eigenvalue weighted by atomic mass is 10.2. The van der Waals surface area contributed by atoms with Crippen molar-refractivity contribution in [2.24, 2.45) is 0 Å². The van der Waals surface area contributed by atoms with Gasteiger partial charge in [-0.3, -0.25) is 10.1 Å². The van der Waals surface area contributed by atoms with Gasteiger partial charge in [-0.1, -0.05) is 37.4 Å². The van der Waals surface area contributed by atoms with Gasteiger partial charge in [0.2, 0.25) is 0 Å². The van der Waals surface area contributed by atoms with E-state index in [-0.39, 0.29) is 10.7 Å². The van der Waals surface area contributed by atoms with Crippen molar-refractivity contribution in [3.63, 3.8) is 0 Å². The quantitative estimate of drug-likeness (QED) is 0.412. The van der Waals surface area contributed by atoms with Crippen molar-refractivity contribution in [2.45, 2.75) is 31.9 Å². The summed E-state index contributed by atoms with van der Waals surface area (Å²) in [5.74, 6) is 1.91. The molecular formula is C12H16ClNO2S. The lowest BCUT2D eigenvalue weighted by Crippen LogP contribution is -1.91. The van der Waals surface area contributed by atoms with Crippen molar-refractivity contribution in [3.8, 4) is 0 Å². The number of unbranched alkanes of at least 4 members (excludes halogenated alkanes) is 2. The summed E-state index contributed by atoms with van der Waals surface area (Å²) < 4.78 is 0. The smallest absolute Gasteiger partial charge is 0.258 e. The molecule has 1 rings (SSSR count). The Morgan fingerprint density at radius 2 is 2.18 bits per heavy atom. The van der Waals surface area contributed by atoms with Gasteiger partial charge >= 0.3 is 0 Å². The minimum atomic E-state index is -0.437. The topological polar surface area (TPSA) is 43.1 Å². The molecule has 0 unspecified atom stereocenters. The van der Waals surface area contributed by atoms with E-state index in [1.54, 1.807) is 23.9 Å². The van der Waals surface area contributed by atoms with Crippen LogP contribution in [-0.4, -0.2) is 10.7 Å². The second-order valence-electron chi connectivity index (χ2n) is 3.80. The maximum absolute atomic E-state index is 10.7. The van der Waals surface area contributed by atoms with Crippen LogP contribution in [0.4, 0.5) is 5.69 Å². The Morgan fingerprint density at radius 3 is 2.82 bits per heavy atom. The molecule has 3 nitrogen and oxygen atoms in total. The highest BCUT2D eigenvalue weighted by Gasteiger charge is 2.12. The predicted octanol–water partition coefficient (Wildman–Crippen LogP) is 4.67. The summed E-state index contributed by atoms with van der Waals surface area (Å²) in [7, 11) is 0. The molecule has 17 heavy (non-hydrogen) atoms. The van der Waals surface area contributed by atoms with E-state index in [1.165, 1.54) is 19.3 Å². The van der Waals surface area contributed by atoms with Crippen LogP contribution in [0.1, 0.15) is 31.7 Å². The summed E-state index contributed by atoms with van der Waals surface area (Å²) in [6.07, 6.45) is 3.66. The van der Waals surface area contributed by atoms with E-state index in [0.717, 1.165) is 17.1 Å². The largest absolute Gasteiger partial charge is 0.288 e. The van der Waals surface area contributed by atoms with Crippen molar-refractivity contribution >= 4 is 29.1 Å². The number of rotatable bonds is 7. The van der Waals surface area contributed by atoms with E-state index in [1.807, 2.05) is 6.07 Å². The molecule has 0 atom stereocenters. The van der Waals surface area contributed by atoms with Crippen LogP contribution in [0.5, 0.6) is 0 Å². The van der Waals surface area contributed by atoms with E-state index >= 15 is 0 Å². The zero-order chi connectivity index (χ0) is 12.7. The van der Waals surface area contributed by atoms with Crippen LogP contribution in [0.15, 0.2) is 18.2 Å². The molecule has 1 aromatic rings. The molecule has 0 bridgehead atoms. The van der Waals surface area contributed by atoms with Crippen molar-refractivity contribution < 1.29 is 4.92 Å². The van der Waals surface area contributed by atoms with E-state index < -0.39 is 4.92 Å². The molecule has 0 amide bonds. The molecular weight excluding hydrogens is 258 g/mol. The third kappa shape index (κ3) is 4.96. The Labute approximate surface area is 111 Å². The van der Waals surface area contributed by atoms with Gasteiger partial charge in [-0.05, 0) is 23.8 Å². The van der Waals surface area contributed by atoms with Crippen molar-refractivity contribution in [2.75, 3.05) is 5.75 Å². The number of halogens is 1. The van der Waals surface area contributed by atoms with E-state index in [0.29, 0.717) is 0 Å². The molecule has 0 spiro atoms. The highest BCUT2D eigenvalue weighted by atomic mass is 35.5. The minimum absolute atomic E-state index is 0.00155. The second kappa shape index (κ2) is 7.56. The summed E-state index contributed by atoms with van der Waals surface area (Å²) in [6.45, 7) is 2.17. The normalized spacial score (nSPS) is 10.5. The SMILES string of the molecule is CCCCCSCc1ccc(Cl)c([N+](=O)[O-])c1. The second-order valence-corrected chi connectivity index (χ2v) is 5.31. The lowest BCUT2D eigenvalue weighted by Gasteiger charge is -2.02. The molecule has 0 aromatic heterocycles.